The van der Waals surface area contributed by atoms with Crippen molar-refractivity contribution in [1.82, 2.24) is 24.6 Å². The predicted molar refractivity (Wildman–Crippen MR) is 120 cm³/mol. The molecule has 0 aromatic carbocycles. The van der Waals surface area contributed by atoms with Gasteiger partial charge in [-0.2, -0.15) is 0 Å². The van der Waals surface area contributed by atoms with Crippen LogP contribution in [0.3, 0.4) is 0 Å². The molecule has 166 valence electrons. The largest absolute Gasteiger partial charge is 0.481 e. The fourth-order valence-electron chi connectivity index (χ4n) is 5.66. The monoisotopic (exact) mass is 444 g/mol. The molecule has 2 atom stereocenters. The molecule has 0 amide bonds. The number of hydrogen-bond acceptors (Lipinski definition) is 5. The zero-order valence-electron chi connectivity index (χ0n) is 17.6. The van der Waals surface area contributed by atoms with E-state index in [4.69, 9.17) is 11.4 Å². The molecule has 4 aromatic heterocycles. The van der Waals surface area contributed by atoms with Gasteiger partial charge in [-0.05, 0) is 55.7 Å². The Bertz CT molecular complexity index is 1440. The van der Waals surface area contributed by atoms with Crippen molar-refractivity contribution < 1.29 is 14.3 Å². The Morgan fingerprint density at radius 3 is 2.82 bits per heavy atom. The van der Waals surface area contributed by atoms with E-state index in [0.29, 0.717) is 39.4 Å². The summed E-state index contributed by atoms with van der Waals surface area (Å²) in [7, 11) is 0. The second-order valence-electron chi connectivity index (χ2n) is 8.91. The van der Waals surface area contributed by atoms with E-state index in [9.17, 15) is 14.3 Å². The van der Waals surface area contributed by atoms with E-state index in [1.54, 1.807) is 16.8 Å². The van der Waals surface area contributed by atoms with Crippen LogP contribution in [0, 0.1) is 35.9 Å². The molecule has 3 N–H and O–H groups in total. The average molecular weight is 444 g/mol. The van der Waals surface area contributed by atoms with Crippen molar-refractivity contribution >= 4 is 28.3 Å². The van der Waals surface area contributed by atoms with Gasteiger partial charge in [-0.3, -0.25) is 4.79 Å². The Kier molecular flexibility index (Phi) is 4.37. The third-order valence-electron chi connectivity index (χ3n) is 7.20. The van der Waals surface area contributed by atoms with E-state index < -0.39 is 17.7 Å². The molecule has 0 saturated heterocycles. The molecule has 33 heavy (non-hydrogen) atoms. The van der Waals surface area contributed by atoms with Gasteiger partial charge in [0.05, 0.1) is 12.1 Å². The van der Waals surface area contributed by atoms with Crippen LogP contribution in [0.2, 0.25) is 0 Å². The van der Waals surface area contributed by atoms with Gasteiger partial charge in [0.25, 0.3) is 0 Å². The number of aromatic nitrogens is 5. The fourth-order valence-corrected chi connectivity index (χ4v) is 5.66. The number of hydrogen-bond donors (Lipinski definition) is 3. The Morgan fingerprint density at radius 1 is 1.27 bits per heavy atom. The average Bonchev–Trinajstić information content (AvgIpc) is 3.43. The third-order valence-corrected chi connectivity index (χ3v) is 7.20. The highest BCUT2D eigenvalue weighted by atomic mass is 19.1. The number of fused-ring (bicyclic) bond motifs is 5. The van der Waals surface area contributed by atoms with Gasteiger partial charge in [0, 0.05) is 23.2 Å². The van der Waals surface area contributed by atoms with Crippen LogP contribution in [0.1, 0.15) is 31.4 Å². The number of carbonyl (C=O) groups is 1. The summed E-state index contributed by atoms with van der Waals surface area (Å²) in [6.45, 7) is 0. The standard InChI is InChI=1S/C24H21FN6O2/c1-2-15-7-8-18-23(28-20-13-5-3-12(4-6-13)19(20)24(32)33)29-22(30-31(15)18)17-11-27-21-16(17)9-14(25)10-26-21/h1,7-13,19-20H,3-6H2,(H,26,27)(H,32,33)(H,28,29,30)/t12?,13?,19-,20-/m1/s1. The zero-order valence-corrected chi connectivity index (χ0v) is 17.6. The topological polar surface area (TPSA) is 108 Å². The first-order valence-electron chi connectivity index (χ1n) is 11.0. The van der Waals surface area contributed by atoms with Crippen LogP contribution >= 0.6 is 0 Å². The molecule has 3 saturated carbocycles. The number of rotatable bonds is 4. The van der Waals surface area contributed by atoms with Crippen molar-refractivity contribution in [2.24, 2.45) is 17.8 Å². The highest BCUT2D eigenvalue weighted by Crippen LogP contribution is 2.46. The first kappa shape index (κ1) is 19.7. The quantitative estimate of drug-likeness (QED) is 0.414. The first-order chi connectivity index (χ1) is 16.0. The summed E-state index contributed by atoms with van der Waals surface area (Å²) in [6.07, 6.45) is 12.4. The smallest absolute Gasteiger partial charge is 0.308 e. The number of terminal acetylenes is 1. The van der Waals surface area contributed by atoms with Gasteiger partial charge in [-0.15, -0.1) is 11.5 Å². The van der Waals surface area contributed by atoms with Crippen LogP contribution in [0.15, 0.2) is 30.6 Å². The molecule has 2 bridgehead atoms. The van der Waals surface area contributed by atoms with Gasteiger partial charge >= 0.3 is 5.97 Å². The number of H-pyrrole nitrogens is 1. The maximum absolute atomic E-state index is 13.9. The lowest BCUT2D eigenvalue weighted by Crippen LogP contribution is -2.51. The van der Waals surface area contributed by atoms with Gasteiger partial charge in [-0.1, -0.05) is 5.92 Å². The number of aliphatic carboxylic acids is 1. The molecule has 0 spiro atoms. The van der Waals surface area contributed by atoms with E-state index in [1.165, 1.54) is 6.07 Å². The highest BCUT2D eigenvalue weighted by Gasteiger charge is 2.47. The number of pyridine rings is 1. The van der Waals surface area contributed by atoms with E-state index >= 15 is 0 Å². The second kappa shape index (κ2) is 7.30. The van der Waals surface area contributed by atoms with Crippen LogP contribution in [0.4, 0.5) is 10.2 Å². The first-order valence-corrected chi connectivity index (χ1v) is 11.0. The van der Waals surface area contributed by atoms with E-state index in [-0.39, 0.29) is 17.9 Å². The number of nitrogens with one attached hydrogen (secondary N) is 2. The van der Waals surface area contributed by atoms with Crippen molar-refractivity contribution in [3.05, 3.63) is 42.1 Å². The molecule has 3 fully saturated rings. The predicted octanol–water partition coefficient (Wildman–Crippen LogP) is 3.69. The molecule has 8 nitrogen and oxygen atoms in total. The summed E-state index contributed by atoms with van der Waals surface area (Å²) in [6, 6.07) is 4.76. The van der Waals surface area contributed by atoms with Gasteiger partial charge in [0.15, 0.2) is 11.6 Å². The van der Waals surface area contributed by atoms with Crippen molar-refractivity contribution in [3.63, 3.8) is 0 Å². The molecule has 0 unspecified atom stereocenters. The fraction of sp³-hybridized carbons (Fsp3) is 0.333. The van der Waals surface area contributed by atoms with Crippen LogP contribution in [-0.2, 0) is 4.79 Å². The van der Waals surface area contributed by atoms with Gasteiger partial charge in [0.2, 0.25) is 0 Å². The van der Waals surface area contributed by atoms with Crippen LogP contribution in [-0.4, -0.2) is 41.7 Å². The molecule has 7 rings (SSSR count). The van der Waals surface area contributed by atoms with Crippen molar-refractivity contribution in [1.29, 1.82) is 0 Å². The molecule has 4 aromatic rings. The summed E-state index contributed by atoms with van der Waals surface area (Å²) in [5.74, 6) is 2.21. The van der Waals surface area contributed by atoms with Gasteiger partial charge in [-0.25, -0.2) is 18.9 Å². The summed E-state index contributed by atoms with van der Waals surface area (Å²) >= 11 is 0. The second-order valence-corrected chi connectivity index (χ2v) is 8.91. The zero-order chi connectivity index (χ0) is 22.7. The number of carboxylic acid groups (broad SMARTS) is 1. The molecular formula is C24H21FN6O2. The number of halogens is 1. The van der Waals surface area contributed by atoms with Gasteiger partial charge in [0.1, 0.15) is 22.7 Å². The number of aromatic amines is 1. The molecule has 3 aliphatic carbocycles. The van der Waals surface area contributed by atoms with Crippen molar-refractivity contribution in [2.45, 2.75) is 31.7 Å². The van der Waals surface area contributed by atoms with Gasteiger partial charge < -0.3 is 15.4 Å². The Balaban J connectivity index is 1.50. The minimum absolute atomic E-state index is 0.165. The Morgan fingerprint density at radius 2 is 2.06 bits per heavy atom. The minimum Gasteiger partial charge on any atom is -0.481 e. The normalized spacial score (nSPS) is 24.2. The lowest BCUT2D eigenvalue weighted by atomic mass is 9.61. The maximum atomic E-state index is 13.9. The number of nitrogens with zero attached hydrogens (tertiary/aromatic N) is 4. The van der Waals surface area contributed by atoms with Crippen LogP contribution in [0.5, 0.6) is 0 Å². The summed E-state index contributed by atoms with van der Waals surface area (Å²) < 4.78 is 15.5. The molecular weight excluding hydrogens is 423 g/mol. The molecule has 0 radical (unpaired) electrons. The lowest BCUT2D eigenvalue weighted by molar-refractivity contribution is -0.148. The Hall–Kier alpha value is -3.93. The van der Waals surface area contributed by atoms with E-state index in [0.717, 1.165) is 31.9 Å². The lowest BCUT2D eigenvalue weighted by Gasteiger charge is -2.47. The molecule has 4 heterocycles. The third kappa shape index (κ3) is 3.05. The number of anilines is 1. The van der Waals surface area contributed by atoms with Crippen LogP contribution in [0.25, 0.3) is 27.9 Å². The molecule has 3 aliphatic rings. The number of carboxylic acids is 1. The Labute approximate surface area is 188 Å². The highest BCUT2D eigenvalue weighted by molar-refractivity contribution is 5.92. The SMILES string of the molecule is C#Cc1ccc2c(N[C@@H]3C4CCC(CC4)[C@H]3C(=O)O)nc(-c3c[nH]c4ncc(F)cc34)nn12. The molecule has 0 aliphatic heterocycles. The molecule has 9 heteroatoms. The maximum Gasteiger partial charge on any atom is 0.308 e. The summed E-state index contributed by atoms with van der Waals surface area (Å²) in [4.78, 5) is 24.0. The van der Waals surface area contributed by atoms with Crippen molar-refractivity contribution in [3.8, 4) is 23.7 Å². The van der Waals surface area contributed by atoms with Crippen LogP contribution < -0.4 is 5.32 Å². The van der Waals surface area contributed by atoms with Crippen molar-refractivity contribution in [2.75, 3.05) is 5.32 Å². The minimum atomic E-state index is -0.773. The summed E-state index contributed by atoms with van der Waals surface area (Å²) in [5, 5.41) is 18.6. The summed E-state index contributed by atoms with van der Waals surface area (Å²) in [5.41, 5.74) is 2.31. The van der Waals surface area contributed by atoms with E-state index in [2.05, 4.69) is 26.3 Å². The van der Waals surface area contributed by atoms with E-state index in [1.807, 2.05) is 6.07 Å².